The van der Waals surface area contributed by atoms with E-state index in [0.717, 1.165) is 41.9 Å². The van der Waals surface area contributed by atoms with Gasteiger partial charge < -0.3 is 5.32 Å². The van der Waals surface area contributed by atoms with Crippen molar-refractivity contribution in [2.75, 3.05) is 7.05 Å². The molecule has 49 heavy (non-hydrogen) atoms. The molecular formula is C47H38N2. The Hall–Kier alpha value is -5.99. The third kappa shape index (κ3) is 5.98. The number of nitrogens with zero attached hydrogens (tertiary/aromatic N) is 1. The van der Waals surface area contributed by atoms with Crippen LogP contribution < -0.4 is 5.32 Å². The van der Waals surface area contributed by atoms with E-state index in [9.17, 15) is 0 Å². The van der Waals surface area contributed by atoms with E-state index in [1.165, 1.54) is 60.5 Å². The Bertz CT molecular complexity index is 2380. The van der Waals surface area contributed by atoms with E-state index in [1.807, 2.05) is 7.05 Å². The normalized spacial score (nSPS) is 13.3. The van der Waals surface area contributed by atoms with Gasteiger partial charge >= 0.3 is 0 Å². The Labute approximate surface area is 288 Å². The van der Waals surface area contributed by atoms with Crippen LogP contribution in [0.2, 0.25) is 0 Å². The maximum absolute atomic E-state index is 4.89. The molecule has 0 fully saturated rings. The molecule has 2 heteroatoms. The van der Waals surface area contributed by atoms with Crippen molar-refractivity contribution in [1.29, 1.82) is 0 Å². The Kier molecular flexibility index (Phi) is 8.44. The summed E-state index contributed by atoms with van der Waals surface area (Å²) in [7, 11) is 1.89. The topological polar surface area (TPSA) is 24.4 Å². The molecule has 7 aromatic rings. The van der Waals surface area contributed by atoms with E-state index in [-0.39, 0.29) is 0 Å². The molecule has 0 aromatic heterocycles. The first-order valence-electron chi connectivity index (χ1n) is 17.1. The van der Waals surface area contributed by atoms with Gasteiger partial charge in [0.25, 0.3) is 0 Å². The molecular weight excluding hydrogens is 593 g/mol. The van der Waals surface area contributed by atoms with Gasteiger partial charge in [-0.2, -0.15) is 0 Å². The summed E-state index contributed by atoms with van der Waals surface area (Å²) in [5.74, 6) is 0. The van der Waals surface area contributed by atoms with Crippen molar-refractivity contribution in [3.8, 4) is 11.1 Å². The van der Waals surface area contributed by atoms with Gasteiger partial charge in [0.15, 0.2) is 0 Å². The average Bonchev–Trinajstić information content (AvgIpc) is 3.19. The summed E-state index contributed by atoms with van der Waals surface area (Å²) in [4.78, 5) is 4.89. The lowest BCUT2D eigenvalue weighted by Crippen LogP contribution is -2.14. The lowest BCUT2D eigenvalue weighted by atomic mass is 9.81. The van der Waals surface area contributed by atoms with Gasteiger partial charge in [0, 0.05) is 24.9 Å². The minimum Gasteiger partial charge on any atom is -0.380 e. The second-order valence-corrected chi connectivity index (χ2v) is 12.6. The van der Waals surface area contributed by atoms with Gasteiger partial charge in [0.1, 0.15) is 0 Å². The quantitative estimate of drug-likeness (QED) is 0.131. The fourth-order valence-corrected chi connectivity index (χ4v) is 7.38. The third-order valence-corrected chi connectivity index (χ3v) is 9.75. The second kappa shape index (κ2) is 13.6. The fourth-order valence-electron chi connectivity index (χ4n) is 7.38. The summed E-state index contributed by atoms with van der Waals surface area (Å²) in [6.45, 7) is 0.725. The number of hydrogen-bond donors (Lipinski definition) is 1. The molecule has 0 radical (unpaired) electrons. The molecule has 2 nitrogen and oxygen atoms in total. The largest absolute Gasteiger partial charge is 0.380 e. The van der Waals surface area contributed by atoms with Gasteiger partial charge in [-0.1, -0.05) is 164 Å². The van der Waals surface area contributed by atoms with Crippen molar-refractivity contribution in [3.63, 3.8) is 0 Å². The number of allylic oxidation sites excluding steroid dienone is 2. The van der Waals surface area contributed by atoms with Crippen LogP contribution in [0, 0.1) is 0 Å². The summed E-state index contributed by atoms with van der Waals surface area (Å²) in [5, 5.41) is 9.08. The zero-order valence-corrected chi connectivity index (χ0v) is 27.7. The molecule has 0 aliphatic heterocycles. The van der Waals surface area contributed by atoms with Crippen LogP contribution in [0.15, 0.2) is 169 Å². The van der Waals surface area contributed by atoms with E-state index in [1.54, 1.807) is 0 Å². The molecule has 236 valence electrons. The van der Waals surface area contributed by atoms with Gasteiger partial charge in [-0.25, -0.2) is 0 Å². The first kappa shape index (κ1) is 30.4. The highest BCUT2D eigenvalue weighted by atomic mass is 14.9. The van der Waals surface area contributed by atoms with Gasteiger partial charge in [-0.05, 0) is 85.0 Å². The van der Waals surface area contributed by atoms with Crippen LogP contribution in [0.1, 0.15) is 39.8 Å². The fraction of sp³-hybridized carbons (Fsp3) is 0.0851. The Morgan fingerprint density at radius 2 is 1.14 bits per heavy atom. The molecule has 0 bridgehead atoms. The SMILES string of the molecule is CN=C(/C=C(\NCc1ccccc1)c1ccccc1)c1ccccc1-c1ccccc1C1=Cc2c(c3ccccc3c3ccccc23)CC1. The number of fused-ring (bicyclic) bond motifs is 6. The van der Waals surface area contributed by atoms with Gasteiger partial charge in [-0.15, -0.1) is 0 Å². The van der Waals surface area contributed by atoms with E-state index < -0.39 is 0 Å². The standard InChI is InChI=1S/C47H38N2/c1-48-47(31-46(34-18-6-3-7-19-34)49-32-33-16-4-2-5-17-33)44-27-15-14-25-41(44)37-21-9-8-20-36(37)35-28-29-43-40-24-11-10-22-38(40)39-23-12-13-26-42(39)45(43)30-35/h2-27,30-31,49H,28-29,32H2,1H3/b46-31-,48-47?. The van der Waals surface area contributed by atoms with Crippen LogP contribution in [-0.4, -0.2) is 12.8 Å². The van der Waals surface area contributed by atoms with Crippen LogP contribution in [0.25, 0.3) is 50.0 Å². The summed E-state index contributed by atoms with van der Waals surface area (Å²) in [6, 6.07) is 56.4. The van der Waals surface area contributed by atoms with E-state index >= 15 is 0 Å². The van der Waals surface area contributed by atoms with Crippen LogP contribution in [-0.2, 0) is 13.0 Å². The Balaban J connectivity index is 1.23. The van der Waals surface area contributed by atoms with E-state index in [0.29, 0.717) is 0 Å². The maximum Gasteiger partial charge on any atom is 0.0670 e. The van der Waals surface area contributed by atoms with Crippen molar-refractivity contribution < 1.29 is 0 Å². The predicted molar refractivity (Wildman–Crippen MR) is 210 cm³/mol. The van der Waals surface area contributed by atoms with Crippen LogP contribution >= 0.6 is 0 Å². The van der Waals surface area contributed by atoms with Gasteiger partial charge in [0.2, 0.25) is 0 Å². The lowest BCUT2D eigenvalue weighted by molar-refractivity contribution is 0.890. The number of benzene rings is 7. The molecule has 0 amide bonds. The van der Waals surface area contributed by atoms with Crippen LogP contribution in [0.3, 0.4) is 0 Å². The highest BCUT2D eigenvalue weighted by Crippen LogP contribution is 2.42. The summed E-state index contributed by atoms with van der Waals surface area (Å²) in [5.41, 5.74) is 13.3. The molecule has 8 rings (SSSR count). The Morgan fingerprint density at radius 1 is 0.571 bits per heavy atom. The number of rotatable bonds is 8. The van der Waals surface area contributed by atoms with E-state index in [2.05, 4.69) is 175 Å². The van der Waals surface area contributed by atoms with Gasteiger partial charge in [-0.3, -0.25) is 4.99 Å². The first-order valence-corrected chi connectivity index (χ1v) is 17.1. The molecule has 0 saturated heterocycles. The van der Waals surface area contributed by atoms with Gasteiger partial charge in [0.05, 0.1) is 5.71 Å². The highest BCUT2D eigenvalue weighted by Gasteiger charge is 2.21. The number of hydrogen-bond acceptors (Lipinski definition) is 2. The molecule has 1 N–H and O–H groups in total. The molecule has 1 aliphatic carbocycles. The molecule has 1 aliphatic rings. The zero-order chi connectivity index (χ0) is 33.0. The van der Waals surface area contributed by atoms with E-state index in [4.69, 9.17) is 4.99 Å². The summed E-state index contributed by atoms with van der Waals surface area (Å²) >= 11 is 0. The summed E-state index contributed by atoms with van der Waals surface area (Å²) < 4.78 is 0. The molecule has 0 saturated carbocycles. The maximum atomic E-state index is 4.89. The first-order chi connectivity index (χ1) is 24.3. The van der Waals surface area contributed by atoms with Crippen LogP contribution in [0.5, 0.6) is 0 Å². The molecule has 0 heterocycles. The van der Waals surface area contributed by atoms with Crippen molar-refractivity contribution in [3.05, 3.63) is 197 Å². The molecule has 0 spiro atoms. The van der Waals surface area contributed by atoms with Crippen molar-refractivity contribution in [2.45, 2.75) is 19.4 Å². The molecule has 0 unspecified atom stereocenters. The van der Waals surface area contributed by atoms with Crippen LogP contribution in [0.4, 0.5) is 0 Å². The zero-order valence-electron chi connectivity index (χ0n) is 27.7. The summed E-state index contributed by atoms with van der Waals surface area (Å²) in [6.07, 6.45) is 6.67. The number of aryl methyl sites for hydroxylation is 1. The number of aliphatic imine (C=N–C) groups is 1. The third-order valence-electron chi connectivity index (χ3n) is 9.75. The highest BCUT2D eigenvalue weighted by molar-refractivity contribution is 6.17. The van der Waals surface area contributed by atoms with Crippen molar-refractivity contribution in [2.24, 2.45) is 4.99 Å². The smallest absolute Gasteiger partial charge is 0.0670 e. The monoisotopic (exact) mass is 630 g/mol. The van der Waals surface area contributed by atoms with Crippen molar-refractivity contribution >= 4 is 44.6 Å². The molecule has 0 atom stereocenters. The lowest BCUT2D eigenvalue weighted by Gasteiger charge is -2.23. The average molecular weight is 631 g/mol. The Morgan fingerprint density at radius 3 is 1.88 bits per heavy atom. The minimum absolute atomic E-state index is 0.725. The predicted octanol–water partition coefficient (Wildman–Crippen LogP) is 11.4. The van der Waals surface area contributed by atoms with Crippen molar-refractivity contribution in [1.82, 2.24) is 5.32 Å². The second-order valence-electron chi connectivity index (χ2n) is 12.6. The molecule has 7 aromatic carbocycles. The number of nitrogens with one attached hydrogen (secondary N) is 1. The minimum atomic E-state index is 0.725.